The normalized spacial score (nSPS) is 19.8. The van der Waals surface area contributed by atoms with Gasteiger partial charge in [0.15, 0.2) is 9.84 Å². The summed E-state index contributed by atoms with van der Waals surface area (Å²) in [5.41, 5.74) is -0.549. The van der Waals surface area contributed by atoms with E-state index in [-0.39, 0.29) is 19.0 Å². The third-order valence-corrected chi connectivity index (χ3v) is 7.48. The lowest BCUT2D eigenvalue weighted by molar-refractivity contribution is -0.142. The van der Waals surface area contributed by atoms with Crippen LogP contribution in [0.1, 0.15) is 37.6 Å². The molecule has 2 atom stereocenters. The van der Waals surface area contributed by atoms with E-state index >= 15 is 0 Å². The molecule has 0 amide bonds. The Morgan fingerprint density at radius 2 is 1.90 bits per heavy atom. The Bertz CT molecular complexity index is 1080. The number of anilines is 1. The first-order valence-corrected chi connectivity index (χ1v) is 11.2. The molecule has 2 unspecified atom stereocenters. The van der Waals surface area contributed by atoms with Crippen LogP contribution in [0.3, 0.4) is 0 Å². The van der Waals surface area contributed by atoms with Crippen molar-refractivity contribution in [3.05, 3.63) is 41.6 Å². The first-order chi connectivity index (χ1) is 14.4. The maximum Gasteiger partial charge on any atom is 0.417 e. The summed E-state index contributed by atoms with van der Waals surface area (Å²) < 4.78 is 73.4. The predicted octanol–water partition coefficient (Wildman–Crippen LogP) is 3.39. The lowest BCUT2D eigenvalue weighted by Crippen LogP contribution is -2.38. The quantitative estimate of drug-likeness (QED) is 0.638. The van der Waals surface area contributed by atoms with Crippen molar-refractivity contribution in [3.8, 4) is 0 Å². The lowest BCUT2D eigenvalue weighted by Gasteiger charge is -2.26. The highest BCUT2D eigenvalue weighted by molar-refractivity contribution is 7.92. The third-order valence-electron chi connectivity index (χ3n) is 5.30. The molecule has 1 fully saturated rings. The minimum Gasteiger partial charge on any atom is -0.467 e. The molecule has 0 aliphatic carbocycles. The second-order valence-corrected chi connectivity index (χ2v) is 9.97. The van der Waals surface area contributed by atoms with Gasteiger partial charge < -0.3 is 9.64 Å². The fourth-order valence-electron chi connectivity index (χ4n) is 3.86. The van der Waals surface area contributed by atoms with E-state index in [0.29, 0.717) is 11.5 Å². The van der Waals surface area contributed by atoms with Crippen LogP contribution in [0.15, 0.2) is 35.2 Å². The fourth-order valence-corrected chi connectivity index (χ4v) is 5.77. The molecule has 2 heterocycles. The van der Waals surface area contributed by atoms with Gasteiger partial charge >= 0.3 is 12.1 Å². The molecule has 3 rings (SSSR count). The van der Waals surface area contributed by atoms with Gasteiger partial charge in [-0.1, -0.05) is 12.1 Å². The molecule has 1 aliphatic rings. The van der Waals surface area contributed by atoms with E-state index in [1.165, 1.54) is 13.2 Å². The van der Waals surface area contributed by atoms with Gasteiger partial charge in [0.25, 0.3) is 0 Å². The molecule has 2 aromatic rings. The smallest absolute Gasteiger partial charge is 0.417 e. The number of alkyl halides is 3. The third kappa shape index (κ3) is 4.28. The van der Waals surface area contributed by atoms with Crippen molar-refractivity contribution in [1.82, 2.24) is 9.78 Å². The summed E-state index contributed by atoms with van der Waals surface area (Å²) in [4.78, 5) is 13.2. The predicted molar refractivity (Wildman–Crippen MR) is 108 cm³/mol. The average Bonchev–Trinajstić information content (AvgIpc) is 3.31. The molecule has 31 heavy (non-hydrogen) atoms. The number of carbonyl (C=O) groups excluding carboxylic acids is 1. The topological polar surface area (TPSA) is 81.5 Å². The van der Waals surface area contributed by atoms with Crippen molar-refractivity contribution >= 4 is 21.6 Å². The van der Waals surface area contributed by atoms with Crippen molar-refractivity contribution < 1.29 is 31.1 Å². The van der Waals surface area contributed by atoms with Gasteiger partial charge in [-0.3, -0.25) is 0 Å². The van der Waals surface area contributed by atoms with Crippen molar-refractivity contribution in [3.63, 3.8) is 0 Å². The zero-order valence-electron chi connectivity index (χ0n) is 17.5. The Hall–Kier alpha value is -2.56. The van der Waals surface area contributed by atoms with Gasteiger partial charge in [-0.15, -0.1) is 0 Å². The van der Waals surface area contributed by atoms with Gasteiger partial charge in [0, 0.05) is 18.7 Å². The second-order valence-electron chi connectivity index (χ2n) is 7.77. The minimum atomic E-state index is -4.82. The van der Waals surface area contributed by atoms with E-state index in [1.54, 1.807) is 22.6 Å². The summed E-state index contributed by atoms with van der Waals surface area (Å²) in [6, 6.07) is 4.77. The van der Waals surface area contributed by atoms with E-state index in [0.717, 1.165) is 18.2 Å². The monoisotopic (exact) mass is 459 g/mol. The summed E-state index contributed by atoms with van der Waals surface area (Å²) in [6.07, 6.45) is -5.01. The molecule has 1 aromatic carbocycles. The number of nitrogens with zero attached hydrogens (tertiary/aromatic N) is 3. The van der Waals surface area contributed by atoms with Crippen LogP contribution in [-0.4, -0.2) is 49.1 Å². The highest BCUT2D eigenvalue weighted by atomic mass is 32.2. The van der Waals surface area contributed by atoms with Crippen LogP contribution in [-0.2, 0) is 25.5 Å². The maximum atomic E-state index is 13.5. The molecule has 11 heteroatoms. The molecule has 0 spiro atoms. The number of esters is 1. The first kappa shape index (κ1) is 23.1. The average molecular weight is 459 g/mol. The Balaban J connectivity index is 2.07. The number of aryl methyl sites for hydroxylation is 1. The standard InChI is InChI=1S/C20H24F3N3O4S/c1-12(2)26-18(9-13(3)24-26)25-11-14(10-16(25)19(27)30-4)31(28,29)17-8-6-5-7-15(17)20(21,22)23/h5-9,12,14,16H,10-11H2,1-4H3. The van der Waals surface area contributed by atoms with E-state index < -0.39 is 43.7 Å². The highest BCUT2D eigenvalue weighted by Gasteiger charge is 2.47. The zero-order valence-corrected chi connectivity index (χ0v) is 18.4. The molecule has 170 valence electrons. The van der Waals surface area contributed by atoms with Crippen molar-refractivity contribution in [2.24, 2.45) is 0 Å². The van der Waals surface area contributed by atoms with Crippen LogP contribution in [0, 0.1) is 6.92 Å². The number of carbonyl (C=O) groups is 1. The Kier molecular flexibility index (Phi) is 6.09. The number of hydrogen-bond donors (Lipinski definition) is 0. The van der Waals surface area contributed by atoms with Crippen LogP contribution in [0.25, 0.3) is 0 Å². The minimum absolute atomic E-state index is 0.0800. The summed E-state index contributed by atoms with van der Waals surface area (Å²) in [5, 5.41) is 3.16. The van der Waals surface area contributed by atoms with Gasteiger partial charge in [0.1, 0.15) is 11.9 Å². The van der Waals surface area contributed by atoms with Crippen LogP contribution >= 0.6 is 0 Å². The second kappa shape index (κ2) is 8.18. The summed E-state index contributed by atoms with van der Waals surface area (Å²) >= 11 is 0. The Labute approximate surface area is 178 Å². The molecule has 7 nitrogen and oxygen atoms in total. The molecule has 0 N–H and O–H groups in total. The SMILES string of the molecule is COC(=O)C1CC(S(=O)(=O)c2ccccc2C(F)(F)F)CN1c1cc(C)nn1C(C)C. The number of ether oxygens (including phenoxy) is 1. The van der Waals surface area contributed by atoms with Crippen LogP contribution in [0.5, 0.6) is 0 Å². The number of rotatable bonds is 5. The van der Waals surface area contributed by atoms with Gasteiger partial charge in [-0.25, -0.2) is 17.9 Å². The van der Waals surface area contributed by atoms with Gasteiger partial charge in [0.2, 0.25) is 0 Å². The van der Waals surface area contributed by atoms with Crippen LogP contribution < -0.4 is 4.90 Å². The van der Waals surface area contributed by atoms with Crippen molar-refractivity contribution in [2.45, 2.75) is 55.6 Å². The van der Waals surface area contributed by atoms with Gasteiger partial charge in [-0.05, 0) is 39.3 Å². The fraction of sp³-hybridized carbons (Fsp3) is 0.500. The van der Waals surface area contributed by atoms with Gasteiger partial charge in [0.05, 0.1) is 28.5 Å². The number of methoxy groups -OCH3 is 1. The molecular formula is C20H24F3N3O4S. The number of benzene rings is 1. The van der Waals surface area contributed by atoms with Crippen LogP contribution in [0.4, 0.5) is 19.0 Å². The van der Waals surface area contributed by atoms with Crippen molar-refractivity contribution in [2.75, 3.05) is 18.6 Å². The summed E-state index contributed by atoms with van der Waals surface area (Å²) in [5.74, 6) is -0.138. The lowest BCUT2D eigenvalue weighted by atomic mass is 10.2. The van der Waals surface area contributed by atoms with Crippen molar-refractivity contribution in [1.29, 1.82) is 0 Å². The Morgan fingerprint density at radius 3 is 2.48 bits per heavy atom. The number of sulfone groups is 1. The van der Waals surface area contributed by atoms with E-state index in [1.807, 2.05) is 13.8 Å². The maximum absolute atomic E-state index is 13.5. The highest BCUT2D eigenvalue weighted by Crippen LogP contribution is 2.39. The van der Waals surface area contributed by atoms with Gasteiger partial charge in [-0.2, -0.15) is 18.3 Å². The summed E-state index contributed by atoms with van der Waals surface area (Å²) in [7, 11) is -3.21. The number of aromatic nitrogens is 2. The molecule has 0 radical (unpaired) electrons. The molecular weight excluding hydrogens is 435 g/mol. The van der Waals surface area contributed by atoms with E-state index in [2.05, 4.69) is 5.10 Å². The molecule has 0 bridgehead atoms. The molecule has 1 aliphatic heterocycles. The Morgan fingerprint density at radius 1 is 1.26 bits per heavy atom. The largest absolute Gasteiger partial charge is 0.467 e. The molecule has 0 saturated carbocycles. The van der Waals surface area contributed by atoms with Crippen LogP contribution in [0.2, 0.25) is 0 Å². The van der Waals surface area contributed by atoms with E-state index in [9.17, 15) is 26.4 Å². The zero-order chi connectivity index (χ0) is 23.1. The summed E-state index contributed by atoms with van der Waals surface area (Å²) in [6.45, 7) is 5.37. The number of hydrogen-bond acceptors (Lipinski definition) is 6. The number of halogens is 3. The molecule has 1 aromatic heterocycles. The molecule has 1 saturated heterocycles. The first-order valence-electron chi connectivity index (χ1n) is 9.68. The van der Waals surface area contributed by atoms with E-state index in [4.69, 9.17) is 4.74 Å².